The van der Waals surface area contributed by atoms with E-state index in [0.29, 0.717) is 29.2 Å². The molecule has 0 fully saturated rings. The van der Waals surface area contributed by atoms with E-state index in [4.69, 9.17) is 4.74 Å². The summed E-state index contributed by atoms with van der Waals surface area (Å²) >= 11 is 0. The van der Waals surface area contributed by atoms with E-state index in [1.54, 1.807) is 35.2 Å². The molecule has 28 heavy (non-hydrogen) atoms. The van der Waals surface area contributed by atoms with Gasteiger partial charge in [-0.2, -0.15) is 0 Å². The van der Waals surface area contributed by atoms with Crippen molar-refractivity contribution in [2.24, 2.45) is 5.41 Å². The zero-order chi connectivity index (χ0) is 20.5. The molecule has 0 aromatic heterocycles. The number of sulfonamides is 1. The third kappa shape index (κ3) is 4.30. The first-order valence-corrected chi connectivity index (χ1v) is 10.9. The van der Waals surface area contributed by atoms with Crippen LogP contribution in [0, 0.1) is 12.3 Å². The van der Waals surface area contributed by atoms with Crippen molar-refractivity contribution in [1.82, 2.24) is 0 Å². The molecule has 0 unspecified atom stereocenters. The molecule has 0 atom stereocenters. The highest BCUT2D eigenvalue weighted by molar-refractivity contribution is 7.91. The lowest BCUT2D eigenvalue weighted by molar-refractivity contribution is -0.127. The first-order chi connectivity index (χ1) is 13.1. The zero-order valence-corrected chi connectivity index (χ0v) is 17.5. The molecule has 2 aromatic rings. The summed E-state index contributed by atoms with van der Waals surface area (Å²) in [7, 11) is -3.59. The Kier molecular flexibility index (Phi) is 5.39. The Hall–Kier alpha value is -2.54. The fourth-order valence-electron chi connectivity index (χ4n) is 3.14. The lowest BCUT2D eigenvalue weighted by Crippen LogP contribution is -2.42. The van der Waals surface area contributed by atoms with Crippen LogP contribution in [-0.2, 0) is 20.6 Å². The van der Waals surface area contributed by atoms with Gasteiger partial charge in [0, 0.05) is 6.54 Å². The molecule has 0 radical (unpaired) electrons. The summed E-state index contributed by atoms with van der Waals surface area (Å²) in [6.45, 7) is 8.27. The first kappa shape index (κ1) is 20.2. The number of hydrogen-bond donors (Lipinski definition) is 1. The summed E-state index contributed by atoms with van der Waals surface area (Å²) in [4.78, 5) is 14.5. The number of nitrogens with zero attached hydrogens (tertiary/aromatic N) is 1. The number of benzene rings is 2. The minimum absolute atomic E-state index is 0.0478. The fraction of sp³-hybridized carbons (Fsp3) is 0.381. The SMILES string of the molecule is CCN1C(=O)C(C)(C)COc2ccc(NS(=O)(=O)Cc3ccc(C)cc3)cc21. The summed E-state index contributed by atoms with van der Waals surface area (Å²) < 4.78 is 33.6. The molecule has 0 saturated carbocycles. The molecule has 1 heterocycles. The largest absolute Gasteiger partial charge is 0.490 e. The quantitative estimate of drug-likeness (QED) is 0.827. The molecule has 0 bridgehead atoms. The van der Waals surface area contributed by atoms with Crippen molar-refractivity contribution in [3.63, 3.8) is 0 Å². The molecule has 6 nitrogen and oxygen atoms in total. The van der Waals surface area contributed by atoms with Crippen molar-refractivity contribution < 1.29 is 17.9 Å². The van der Waals surface area contributed by atoms with Crippen LogP contribution in [0.3, 0.4) is 0 Å². The van der Waals surface area contributed by atoms with Gasteiger partial charge in [0.1, 0.15) is 12.4 Å². The van der Waals surface area contributed by atoms with Crippen LogP contribution in [0.4, 0.5) is 11.4 Å². The number of carbonyl (C=O) groups excluding carboxylic acids is 1. The Morgan fingerprint density at radius 3 is 2.46 bits per heavy atom. The predicted molar refractivity (Wildman–Crippen MR) is 111 cm³/mol. The number of carbonyl (C=O) groups is 1. The van der Waals surface area contributed by atoms with Gasteiger partial charge < -0.3 is 9.64 Å². The first-order valence-electron chi connectivity index (χ1n) is 9.26. The average Bonchev–Trinajstić information content (AvgIpc) is 2.71. The van der Waals surface area contributed by atoms with Gasteiger partial charge in [0.2, 0.25) is 15.9 Å². The van der Waals surface area contributed by atoms with E-state index in [1.807, 2.05) is 39.8 Å². The van der Waals surface area contributed by atoms with Crippen LogP contribution in [-0.4, -0.2) is 27.5 Å². The molecule has 0 aliphatic carbocycles. The van der Waals surface area contributed by atoms with Crippen LogP contribution >= 0.6 is 0 Å². The highest BCUT2D eigenvalue weighted by atomic mass is 32.2. The lowest BCUT2D eigenvalue weighted by Gasteiger charge is -2.27. The van der Waals surface area contributed by atoms with E-state index in [0.717, 1.165) is 5.56 Å². The average molecular weight is 403 g/mol. The van der Waals surface area contributed by atoms with E-state index >= 15 is 0 Å². The molecule has 1 amide bonds. The number of fused-ring (bicyclic) bond motifs is 1. The molecule has 7 heteroatoms. The van der Waals surface area contributed by atoms with Crippen molar-refractivity contribution in [2.75, 3.05) is 22.8 Å². The lowest BCUT2D eigenvalue weighted by atomic mass is 9.93. The van der Waals surface area contributed by atoms with Gasteiger partial charge in [-0.25, -0.2) is 8.42 Å². The summed E-state index contributed by atoms with van der Waals surface area (Å²) in [5, 5.41) is 0. The zero-order valence-electron chi connectivity index (χ0n) is 16.7. The number of aryl methyl sites for hydroxylation is 1. The standard InChI is InChI=1S/C21H26N2O4S/c1-5-23-18-12-17(10-11-19(18)27-14-21(3,4)20(23)24)22-28(25,26)13-16-8-6-15(2)7-9-16/h6-12,22H,5,13-14H2,1-4H3. The fourth-order valence-corrected chi connectivity index (χ4v) is 4.33. The molecule has 0 spiro atoms. The smallest absolute Gasteiger partial charge is 0.236 e. The number of ether oxygens (including phenoxy) is 1. The normalized spacial score (nSPS) is 16.1. The summed E-state index contributed by atoms with van der Waals surface area (Å²) in [6, 6.07) is 12.4. The Morgan fingerprint density at radius 2 is 1.82 bits per heavy atom. The van der Waals surface area contributed by atoms with E-state index in [1.165, 1.54) is 0 Å². The Morgan fingerprint density at radius 1 is 1.14 bits per heavy atom. The second kappa shape index (κ2) is 7.47. The van der Waals surface area contributed by atoms with Gasteiger partial charge in [0.15, 0.2) is 0 Å². The van der Waals surface area contributed by atoms with Crippen LogP contribution in [0.2, 0.25) is 0 Å². The number of amides is 1. The van der Waals surface area contributed by atoms with E-state index in [2.05, 4.69) is 4.72 Å². The van der Waals surface area contributed by atoms with Crippen LogP contribution in [0.5, 0.6) is 5.75 Å². The molecule has 150 valence electrons. The van der Waals surface area contributed by atoms with E-state index in [9.17, 15) is 13.2 Å². The molecule has 0 saturated heterocycles. The second-order valence-electron chi connectivity index (χ2n) is 7.75. The third-order valence-corrected chi connectivity index (χ3v) is 5.99. The predicted octanol–water partition coefficient (Wildman–Crippen LogP) is 3.71. The third-order valence-electron chi connectivity index (χ3n) is 4.73. The summed E-state index contributed by atoms with van der Waals surface area (Å²) in [6.07, 6.45) is 0. The van der Waals surface area contributed by atoms with Crippen molar-refractivity contribution >= 4 is 27.3 Å². The Labute approximate surface area is 166 Å². The summed E-state index contributed by atoms with van der Waals surface area (Å²) in [5.74, 6) is 0.403. The van der Waals surface area contributed by atoms with Crippen LogP contribution < -0.4 is 14.4 Å². The minimum atomic E-state index is -3.59. The molecule has 1 aliphatic rings. The van der Waals surface area contributed by atoms with Crippen LogP contribution in [0.1, 0.15) is 31.9 Å². The highest BCUT2D eigenvalue weighted by Gasteiger charge is 2.37. The molecule has 1 N–H and O–H groups in total. The number of hydrogen-bond acceptors (Lipinski definition) is 4. The van der Waals surface area contributed by atoms with Gasteiger partial charge in [-0.15, -0.1) is 0 Å². The number of nitrogens with one attached hydrogen (secondary N) is 1. The Bertz CT molecular complexity index is 982. The molecule has 2 aromatic carbocycles. The van der Waals surface area contributed by atoms with E-state index < -0.39 is 15.4 Å². The van der Waals surface area contributed by atoms with Gasteiger partial charge in [-0.1, -0.05) is 29.8 Å². The van der Waals surface area contributed by atoms with Crippen LogP contribution in [0.15, 0.2) is 42.5 Å². The number of anilines is 2. The maximum absolute atomic E-state index is 12.8. The summed E-state index contributed by atoms with van der Waals surface area (Å²) in [5.41, 5.74) is 2.12. The maximum atomic E-state index is 12.8. The second-order valence-corrected chi connectivity index (χ2v) is 9.47. The molecule has 3 rings (SSSR count). The molecular weight excluding hydrogens is 376 g/mol. The molecule has 1 aliphatic heterocycles. The van der Waals surface area contributed by atoms with Gasteiger partial charge in [0.25, 0.3) is 0 Å². The molecular formula is C21H26N2O4S. The van der Waals surface area contributed by atoms with Gasteiger partial charge >= 0.3 is 0 Å². The van der Waals surface area contributed by atoms with Crippen molar-refractivity contribution in [3.8, 4) is 5.75 Å². The maximum Gasteiger partial charge on any atom is 0.236 e. The van der Waals surface area contributed by atoms with Crippen molar-refractivity contribution in [1.29, 1.82) is 0 Å². The number of rotatable bonds is 5. The van der Waals surface area contributed by atoms with Crippen LogP contribution in [0.25, 0.3) is 0 Å². The topological polar surface area (TPSA) is 75.7 Å². The minimum Gasteiger partial charge on any atom is -0.490 e. The van der Waals surface area contributed by atoms with Gasteiger partial charge in [-0.05, 0) is 51.5 Å². The highest BCUT2D eigenvalue weighted by Crippen LogP contribution is 2.38. The van der Waals surface area contributed by atoms with Gasteiger partial charge in [0.05, 0.1) is 22.5 Å². The Balaban J connectivity index is 1.87. The monoisotopic (exact) mass is 402 g/mol. The van der Waals surface area contributed by atoms with Crippen molar-refractivity contribution in [3.05, 3.63) is 53.6 Å². The van der Waals surface area contributed by atoms with E-state index in [-0.39, 0.29) is 18.3 Å². The van der Waals surface area contributed by atoms with Gasteiger partial charge in [-0.3, -0.25) is 9.52 Å². The van der Waals surface area contributed by atoms with Crippen molar-refractivity contribution in [2.45, 2.75) is 33.4 Å².